The molecular weight excluding hydrogens is 206 g/mol. The fourth-order valence-electron chi connectivity index (χ4n) is 2.40. The molecule has 0 aliphatic carbocycles. The Morgan fingerprint density at radius 1 is 0.941 bits per heavy atom. The highest BCUT2D eigenvalue weighted by Crippen LogP contribution is 2.26. The van der Waals surface area contributed by atoms with Crippen molar-refractivity contribution in [2.45, 2.75) is 39.0 Å². The van der Waals surface area contributed by atoms with Crippen molar-refractivity contribution in [3.63, 3.8) is 0 Å². The van der Waals surface area contributed by atoms with Crippen LogP contribution in [0, 0.1) is 0 Å². The summed E-state index contributed by atoms with van der Waals surface area (Å²) in [6.45, 7) is 2.25. The fraction of sp³-hybridized carbons (Fsp3) is 0.375. The van der Waals surface area contributed by atoms with Gasteiger partial charge in [0.2, 0.25) is 0 Å². The monoisotopic (exact) mass is 227 g/mol. The van der Waals surface area contributed by atoms with Gasteiger partial charge >= 0.3 is 0 Å². The molecule has 0 spiro atoms. The normalized spacial score (nSPS) is 10.9. The Hall–Kier alpha value is -1.50. The van der Waals surface area contributed by atoms with Gasteiger partial charge in [-0.2, -0.15) is 0 Å². The number of benzene rings is 2. The number of aryl methyl sites for hydroxylation is 1. The largest absolute Gasteiger partial charge is 0.398 e. The smallest absolute Gasteiger partial charge is 0.0396 e. The van der Waals surface area contributed by atoms with Crippen LogP contribution in [0.15, 0.2) is 36.4 Å². The fourth-order valence-corrected chi connectivity index (χ4v) is 2.40. The second kappa shape index (κ2) is 5.72. The minimum Gasteiger partial charge on any atom is -0.398 e. The number of rotatable bonds is 5. The van der Waals surface area contributed by atoms with Crippen LogP contribution in [0.25, 0.3) is 10.8 Å². The summed E-state index contributed by atoms with van der Waals surface area (Å²) >= 11 is 0. The van der Waals surface area contributed by atoms with Crippen LogP contribution in [-0.2, 0) is 6.42 Å². The minimum atomic E-state index is 0.911. The van der Waals surface area contributed by atoms with Gasteiger partial charge in [-0.3, -0.25) is 0 Å². The Bertz CT molecular complexity index is 483. The summed E-state index contributed by atoms with van der Waals surface area (Å²) in [4.78, 5) is 0. The number of nitrogen functional groups attached to an aromatic ring is 1. The average Bonchev–Trinajstić information content (AvgIpc) is 2.35. The molecule has 0 heterocycles. The summed E-state index contributed by atoms with van der Waals surface area (Å²) in [5.74, 6) is 0. The van der Waals surface area contributed by atoms with Gasteiger partial charge in [0.05, 0.1) is 0 Å². The first-order chi connectivity index (χ1) is 8.33. The maximum Gasteiger partial charge on any atom is 0.0396 e. The average molecular weight is 227 g/mol. The number of nitrogens with two attached hydrogens (primary N) is 1. The Labute approximate surface area is 104 Å². The number of fused-ring (bicyclic) bond motifs is 1. The lowest BCUT2D eigenvalue weighted by Gasteiger charge is -2.08. The van der Waals surface area contributed by atoms with Gasteiger partial charge in [0.15, 0.2) is 0 Å². The Balaban J connectivity index is 2.21. The molecule has 0 bridgehead atoms. The second-order valence-corrected chi connectivity index (χ2v) is 4.67. The summed E-state index contributed by atoms with van der Waals surface area (Å²) in [7, 11) is 0. The van der Waals surface area contributed by atoms with Gasteiger partial charge in [0, 0.05) is 11.1 Å². The third kappa shape index (κ3) is 2.79. The molecule has 0 amide bonds. The van der Waals surface area contributed by atoms with Crippen molar-refractivity contribution >= 4 is 16.5 Å². The molecule has 1 heteroatoms. The lowest BCUT2D eigenvalue weighted by Crippen LogP contribution is -1.93. The summed E-state index contributed by atoms with van der Waals surface area (Å²) in [6.07, 6.45) is 6.35. The first-order valence-corrected chi connectivity index (χ1v) is 6.59. The maximum atomic E-state index is 6.09. The van der Waals surface area contributed by atoms with E-state index in [-0.39, 0.29) is 0 Å². The zero-order chi connectivity index (χ0) is 12.1. The van der Waals surface area contributed by atoms with Crippen molar-refractivity contribution < 1.29 is 0 Å². The first-order valence-electron chi connectivity index (χ1n) is 6.59. The molecule has 2 aromatic rings. The predicted molar refractivity (Wildman–Crippen MR) is 76.2 cm³/mol. The van der Waals surface area contributed by atoms with E-state index in [4.69, 9.17) is 5.73 Å². The highest BCUT2D eigenvalue weighted by Gasteiger charge is 2.03. The van der Waals surface area contributed by atoms with Crippen LogP contribution >= 0.6 is 0 Å². The lowest BCUT2D eigenvalue weighted by atomic mass is 9.98. The standard InChI is InChI=1S/C16H21N/c1-2-3-4-5-8-13-9-6-10-14-11-7-12-15(17)16(13)14/h6-7,9-12H,2-5,8,17H2,1H3. The van der Waals surface area contributed by atoms with Crippen LogP contribution in [-0.4, -0.2) is 0 Å². The summed E-state index contributed by atoms with van der Waals surface area (Å²) < 4.78 is 0. The van der Waals surface area contributed by atoms with E-state index in [1.165, 1.54) is 42.0 Å². The van der Waals surface area contributed by atoms with E-state index in [2.05, 4.69) is 31.2 Å². The predicted octanol–water partition coefficient (Wildman–Crippen LogP) is 4.54. The van der Waals surface area contributed by atoms with E-state index in [1.54, 1.807) is 0 Å². The van der Waals surface area contributed by atoms with Crippen molar-refractivity contribution in [2.24, 2.45) is 0 Å². The van der Waals surface area contributed by atoms with Gasteiger partial charge in [-0.25, -0.2) is 0 Å². The summed E-state index contributed by atoms with van der Waals surface area (Å²) in [5, 5.41) is 2.52. The number of hydrogen-bond acceptors (Lipinski definition) is 1. The van der Waals surface area contributed by atoms with Crippen LogP contribution in [0.5, 0.6) is 0 Å². The highest BCUT2D eigenvalue weighted by molar-refractivity contribution is 5.95. The molecule has 2 N–H and O–H groups in total. The zero-order valence-corrected chi connectivity index (χ0v) is 10.6. The van der Waals surface area contributed by atoms with E-state index in [0.29, 0.717) is 0 Å². The van der Waals surface area contributed by atoms with Gasteiger partial charge in [-0.15, -0.1) is 0 Å². The molecule has 0 saturated carbocycles. The van der Waals surface area contributed by atoms with Crippen molar-refractivity contribution in [3.05, 3.63) is 42.0 Å². The Morgan fingerprint density at radius 2 is 1.71 bits per heavy atom. The van der Waals surface area contributed by atoms with E-state index in [1.807, 2.05) is 12.1 Å². The van der Waals surface area contributed by atoms with Crippen LogP contribution in [0.2, 0.25) is 0 Å². The molecule has 0 unspecified atom stereocenters. The third-order valence-electron chi connectivity index (χ3n) is 3.32. The van der Waals surface area contributed by atoms with E-state index in [0.717, 1.165) is 12.1 Å². The second-order valence-electron chi connectivity index (χ2n) is 4.67. The van der Waals surface area contributed by atoms with Gasteiger partial charge in [0.25, 0.3) is 0 Å². The minimum absolute atomic E-state index is 0.911. The quantitative estimate of drug-likeness (QED) is 0.588. The van der Waals surface area contributed by atoms with E-state index in [9.17, 15) is 0 Å². The third-order valence-corrected chi connectivity index (χ3v) is 3.32. The molecule has 1 nitrogen and oxygen atoms in total. The molecule has 0 saturated heterocycles. The molecule has 90 valence electrons. The Kier molecular flexibility index (Phi) is 4.03. The SMILES string of the molecule is CCCCCCc1cccc2cccc(N)c12. The molecule has 2 aromatic carbocycles. The molecule has 0 fully saturated rings. The first kappa shape index (κ1) is 12.0. The van der Waals surface area contributed by atoms with Crippen LogP contribution in [0.3, 0.4) is 0 Å². The molecule has 0 atom stereocenters. The van der Waals surface area contributed by atoms with Crippen molar-refractivity contribution in [3.8, 4) is 0 Å². The Morgan fingerprint density at radius 3 is 2.47 bits per heavy atom. The zero-order valence-electron chi connectivity index (χ0n) is 10.6. The topological polar surface area (TPSA) is 26.0 Å². The molecule has 0 aromatic heterocycles. The van der Waals surface area contributed by atoms with Gasteiger partial charge in [-0.05, 0) is 29.9 Å². The summed E-state index contributed by atoms with van der Waals surface area (Å²) in [6, 6.07) is 12.7. The number of unbranched alkanes of at least 4 members (excludes halogenated alkanes) is 3. The van der Waals surface area contributed by atoms with Crippen molar-refractivity contribution in [2.75, 3.05) is 5.73 Å². The highest BCUT2D eigenvalue weighted by atomic mass is 14.5. The molecule has 2 rings (SSSR count). The molecular formula is C16H21N. The van der Waals surface area contributed by atoms with Crippen molar-refractivity contribution in [1.29, 1.82) is 0 Å². The maximum absolute atomic E-state index is 6.09. The van der Waals surface area contributed by atoms with Gasteiger partial charge in [0.1, 0.15) is 0 Å². The summed E-state index contributed by atoms with van der Waals surface area (Å²) in [5.41, 5.74) is 8.40. The molecule has 17 heavy (non-hydrogen) atoms. The van der Waals surface area contributed by atoms with E-state index < -0.39 is 0 Å². The van der Waals surface area contributed by atoms with Crippen LogP contribution in [0.1, 0.15) is 38.2 Å². The number of hydrogen-bond donors (Lipinski definition) is 1. The van der Waals surface area contributed by atoms with Crippen LogP contribution < -0.4 is 5.73 Å². The van der Waals surface area contributed by atoms with Crippen molar-refractivity contribution in [1.82, 2.24) is 0 Å². The molecule has 0 radical (unpaired) electrons. The lowest BCUT2D eigenvalue weighted by molar-refractivity contribution is 0.668. The number of anilines is 1. The van der Waals surface area contributed by atoms with Gasteiger partial charge in [-0.1, -0.05) is 56.5 Å². The molecule has 0 aliphatic heterocycles. The van der Waals surface area contributed by atoms with Gasteiger partial charge < -0.3 is 5.73 Å². The molecule has 0 aliphatic rings. The van der Waals surface area contributed by atoms with Crippen LogP contribution in [0.4, 0.5) is 5.69 Å². The van der Waals surface area contributed by atoms with E-state index >= 15 is 0 Å².